The van der Waals surface area contributed by atoms with Crippen molar-refractivity contribution < 1.29 is 9.59 Å². The van der Waals surface area contributed by atoms with E-state index in [2.05, 4.69) is 10.6 Å². The predicted octanol–water partition coefficient (Wildman–Crippen LogP) is 3.48. The van der Waals surface area contributed by atoms with Gasteiger partial charge in [-0.25, -0.2) is 0 Å². The molecule has 2 aliphatic rings. The summed E-state index contributed by atoms with van der Waals surface area (Å²) in [5.74, 6) is 1.71. The quantitative estimate of drug-likeness (QED) is 0.803. The first kappa shape index (κ1) is 22.7. The summed E-state index contributed by atoms with van der Waals surface area (Å²) in [6.07, 6.45) is 3.15. The lowest BCUT2D eigenvalue weighted by atomic mass is 9.92. The zero-order valence-electron chi connectivity index (χ0n) is 17.3. The average molecular weight is 408 g/mol. The molecule has 28 heavy (non-hydrogen) atoms. The summed E-state index contributed by atoms with van der Waals surface area (Å²) in [6.45, 7) is 10.1. The topological polar surface area (TPSA) is 61.4 Å². The Morgan fingerprint density at radius 1 is 1.07 bits per heavy atom. The summed E-state index contributed by atoms with van der Waals surface area (Å²) in [5.41, 5.74) is 1.76. The van der Waals surface area contributed by atoms with Crippen LogP contribution in [0.2, 0.25) is 0 Å². The third-order valence-corrected chi connectivity index (χ3v) is 5.66. The molecule has 2 amide bonds. The molecule has 0 unspecified atom stereocenters. The number of hydrogen-bond donors (Lipinski definition) is 2. The second-order valence-electron chi connectivity index (χ2n) is 9.30. The van der Waals surface area contributed by atoms with Gasteiger partial charge in [-0.05, 0) is 60.9 Å². The minimum absolute atomic E-state index is 0. The Morgan fingerprint density at radius 2 is 1.64 bits per heavy atom. The maximum absolute atomic E-state index is 12.7. The fraction of sp³-hybridized carbons (Fsp3) is 0.636. The number of benzene rings is 1. The van der Waals surface area contributed by atoms with Gasteiger partial charge in [-0.1, -0.05) is 32.9 Å². The number of nitrogens with zero attached hydrogens (tertiary/aromatic N) is 1. The summed E-state index contributed by atoms with van der Waals surface area (Å²) in [4.78, 5) is 26.8. The molecule has 156 valence electrons. The van der Waals surface area contributed by atoms with Gasteiger partial charge in [0, 0.05) is 25.2 Å². The predicted molar refractivity (Wildman–Crippen MR) is 116 cm³/mol. The smallest absolute Gasteiger partial charge is 0.226 e. The summed E-state index contributed by atoms with van der Waals surface area (Å²) in [7, 11) is 0. The van der Waals surface area contributed by atoms with Crippen LogP contribution in [0, 0.1) is 17.3 Å². The van der Waals surface area contributed by atoms with Gasteiger partial charge in [0.2, 0.25) is 11.8 Å². The summed E-state index contributed by atoms with van der Waals surface area (Å²) in [5, 5.41) is 6.41. The van der Waals surface area contributed by atoms with Gasteiger partial charge in [0.05, 0.1) is 6.42 Å². The summed E-state index contributed by atoms with van der Waals surface area (Å²) < 4.78 is 0. The van der Waals surface area contributed by atoms with Crippen LogP contribution in [0.3, 0.4) is 0 Å². The van der Waals surface area contributed by atoms with Crippen molar-refractivity contribution in [1.29, 1.82) is 0 Å². The zero-order chi connectivity index (χ0) is 19.4. The van der Waals surface area contributed by atoms with E-state index in [4.69, 9.17) is 0 Å². The lowest BCUT2D eigenvalue weighted by molar-refractivity contribution is -0.130. The van der Waals surface area contributed by atoms with E-state index in [1.165, 1.54) is 0 Å². The number of rotatable bonds is 4. The van der Waals surface area contributed by atoms with Gasteiger partial charge in [0.1, 0.15) is 0 Å². The van der Waals surface area contributed by atoms with Crippen LogP contribution in [-0.2, 0) is 16.0 Å². The Bertz CT molecular complexity index is 655. The Kier molecular flexibility index (Phi) is 7.90. The summed E-state index contributed by atoms with van der Waals surface area (Å²) >= 11 is 0. The number of carbonyl (C=O) groups excluding carboxylic acids is 2. The van der Waals surface area contributed by atoms with E-state index in [-0.39, 0.29) is 29.6 Å². The highest BCUT2D eigenvalue weighted by atomic mass is 35.5. The van der Waals surface area contributed by atoms with E-state index < -0.39 is 0 Å². The number of anilines is 1. The van der Waals surface area contributed by atoms with E-state index in [9.17, 15) is 9.59 Å². The fourth-order valence-electron chi connectivity index (χ4n) is 4.15. The standard InChI is InChI=1S/C22H33N3O2.ClH/c1-22(2,3)13-20(26)24-19-6-4-16(5-7-19)12-21(27)25-10-8-17-14-23-15-18(17)9-11-25;/h4-7,17-18,23H,8-15H2,1-3H3,(H,24,26);1H/t17-,18+;. The van der Waals surface area contributed by atoms with E-state index in [0.29, 0.717) is 12.8 Å². The highest BCUT2D eigenvalue weighted by Crippen LogP contribution is 2.27. The van der Waals surface area contributed by atoms with Gasteiger partial charge in [0.15, 0.2) is 0 Å². The van der Waals surface area contributed by atoms with Crippen molar-refractivity contribution in [1.82, 2.24) is 10.2 Å². The largest absolute Gasteiger partial charge is 0.342 e. The van der Waals surface area contributed by atoms with E-state index in [0.717, 1.165) is 62.1 Å². The lowest BCUT2D eigenvalue weighted by Gasteiger charge is -2.21. The monoisotopic (exact) mass is 407 g/mol. The van der Waals surface area contributed by atoms with Crippen molar-refractivity contribution in [3.8, 4) is 0 Å². The molecule has 3 rings (SSSR count). The maximum atomic E-state index is 12.7. The molecule has 0 saturated carbocycles. The molecule has 1 aromatic carbocycles. The molecule has 2 atom stereocenters. The van der Waals surface area contributed by atoms with Crippen LogP contribution in [0.15, 0.2) is 24.3 Å². The van der Waals surface area contributed by atoms with Gasteiger partial charge >= 0.3 is 0 Å². The third-order valence-electron chi connectivity index (χ3n) is 5.66. The minimum atomic E-state index is -0.0296. The maximum Gasteiger partial charge on any atom is 0.226 e. The molecule has 0 spiro atoms. The van der Waals surface area contributed by atoms with Gasteiger partial charge in [-0.2, -0.15) is 0 Å². The molecule has 0 aliphatic carbocycles. The molecule has 2 heterocycles. The SMILES string of the molecule is CC(C)(C)CC(=O)Nc1ccc(CC(=O)N2CC[C@@H]3CNC[C@@H]3CC2)cc1.Cl. The van der Waals surface area contributed by atoms with Crippen LogP contribution in [0.4, 0.5) is 5.69 Å². The van der Waals surface area contributed by atoms with Gasteiger partial charge < -0.3 is 15.5 Å². The zero-order valence-corrected chi connectivity index (χ0v) is 18.1. The number of fused-ring (bicyclic) bond motifs is 1. The average Bonchev–Trinajstić information content (AvgIpc) is 2.93. The molecule has 0 radical (unpaired) electrons. The van der Waals surface area contributed by atoms with Crippen LogP contribution >= 0.6 is 12.4 Å². The molecule has 2 aliphatic heterocycles. The Hall–Kier alpha value is -1.59. The molecule has 2 N–H and O–H groups in total. The highest BCUT2D eigenvalue weighted by molar-refractivity contribution is 5.91. The fourth-order valence-corrected chi connectivity index (χ4v) is 4.15. The van der Waals surface area contributed by atoms with Crippen LogP contribution in [0.1, 0.15) is 45.6 Å². The van der Waals surface area contributed by atoms with Crippen LogP contribution in [-0.4, -0.2) is 42.9 Å². The van der Waals surface area contributed by atoms with Crippen LogP contribution < -0.4 is 10.6 Å². The van der Waals surface area contributed by atoms with Crippen LogP contribution in [0.25, 0.3) is 0 Å². The molecular formula is C22H34ClN3O2. The first-order valence-corrected chi connectivity index (χ1v) is 10.2. The number of halogens is 1. The molecule has 6 heteroatoms. The Morgan fingerprint density at radius 3 is 2.18 bits per heavy atom. The molecule has 2 fully saturated rings. The van der Waals surface area contributed by atoms with Gasteiger partial charge in [-0.3, -0.25) is 9.59 Å². The van der Waals surface area contributed by atoms with Crippen molar-refractivity contribution in [2.24, 2.45) is 17.3 Å². The highest BCUT2D eigenvalue weighted by Gasteiger charge is 2.31. The van der Waals surface area contributed by atoms with Crippen LogP contribution in [0.5, 0.6) is 0 Å². The number of nitrogens with one attached hydrogen (secondary N) is 2. The van der Waals surface area contributed by atoms with Gasteiger partial charge in [-0.15, -0.1) is 12.4 Å². The number of carbonyl (C=O) groups is 2. The number of likely N-dealkylation sites (tertiary alicyclic amines) is 1. The Balaban J connectivity index is 0.00000280. The molecule has 0 aromatic heterocycles. The van der Waals surface area contributed by atoms with Crippen molar-refractivity contribution in [3.63, 3.8) is 0 Å². The lowest BCUT2D eigenvalue weighted by Crippen LogP contribution is -2.33. The van der Waals surface area contributed by atoms with E-state index >= 15 is 0 Å². The van der Waals surface area contributed by atoms with Crippen molar-refractivity contribution in [2.75, 3.05) is 31.5 Å². The Labute approximate surface area is 175 Å². The minimum Gasteiger partial charge on any atom is -0.342 e. The number of hydrogen-bond acceptors (Lipinski definition) is 3. The molecular weight excluding hydrogens is 374 g/mol. The molecule has 0 bridgehead atoms. The summed E-state index contributed by atoms with van der Waals surface area (Å²) in [6, 6.07) is 7.67. The third kappa shape index (κ3) is 6.49. The molecule has 5 nitrogen and oxygen atoms in total. The van der Waals surface area contributed by atoms with Crippen molar-refractivity contribution >= 4 is 29.9 Å². The van der Waals surface area contributed by atoms with E-state index in [1.807, 2.05) is 49.9 Å². The first-order chi connectivity index (χ1) is 12.8. The van der Waals surface area contributed by atoms with Crippen molar-refractivity contribution in [3.05, 3.63) is 29.8 Å². The van der Waals surface area contributed by atoms with Gasteiger partial charge in [0.25, 0.3) is 0 Å². The molecule has 1 aromatic rings. The molecule has 2 saturated heterocycles. The first-order valence-electron chi connectivity index (χ1n) is 10.2. The second-order valence-corrected chi connectivity index (χ2v) is 9.30. The van der Waals surface area contributed by atoms with Crippen molar-refractivity contribution in [2.45, 2.75) is 46.5 Å². The normalized spacial score (nSPS) is 22.0. The number of amides is 2. The van der Waals surface area contributed by atoms with E-state index in [1.54, 1.807) is 0 Å². The second kappa shape index (κ2) is 9.75.